The summed E-state index contributed by atoms with van der Waals surface area (Å²) in [5.74, 6) is 0.758. The Hall–Kier alpha value is -2.95. The number of imidazole rings is 1. The van der Waals surface area contributed by atoms with Crippen LogP contribution in [0.2, 0.25) is 0 Å². The van der Waals surface area contributed by atoms with Crippen LogP contribution in [-0.4, -0.2) is 15.2 Å². The zero-order chi connectivity index (χ0) is 17.2. The number of aromatic amines is 1. The monoisotopic (exact) mass is 330 g/mol. The van der Waals surface area contributed by atoms with Gasteiger partial charge in [0.1, 0.15) is 12.4 Å². The lowest BCUT2D eigenvalue weighted by molar-refractivity contribution is -0.253. The standard InChI is InChI=1S/C21H18N2O2/c1-14-6-8-16(9-7-14)20-19(13-25-24)22-21(23-20)18-11-10-15-4-2-3-5-17(15)12-18/h2-12,24H,13H2,1H3,(H,22,23). The van der Waals surface area contributed by atoms with Gasteiger partial charge in [0.05, 0.1) is 11.4 Å². The van der Waals surface area contributed by atoms with Crippen molar-refractivity contribution in [3.63, 3.8) is 0 Å². The molecule has 0 radical (unpaired) electrons. The lowest BCUT2D eigenvalue weighted by Gasteiger charge is -2.01. The first-order valence-corrected chi connectivity index (χ1v) is 8.16. The molecule has 0 atom stereocenters. The molecule has 124 valence electrons. The summed E-state index contributed by atoms with van der Waals surface area (Å²) in [6.07, 6.45) is 0. The minimum atomic E-state index is 0.0593. The molecular formula is C21H18N2O2. The molecule has 0 aliphatic heterocycles. The van der Waals surface area contributed by atoms with E-state index in [4.69, 9.17) is 10.2 Å². The second-order valence-corrected chi connectivity index (χ2v) is 6.11. The maximum absolute atomic E-state index is 8.91. The quantitative estimate of drug-likeness (QED) is 0.400. The average molecular weight is 330 g/mol. The summed E-state index contributed by atoms with van der Waals surface area (Å²) in [5.41, 5.74) is 4.71. The zero-order valence-electron chi connectivity index (χ0n) is 13.9. The van der Waals surface area contributed by atoms with Crippen LogP contribution in [0.5, 0.6) is 0 Å². The predicted molar refractivity (Wildman–Crippen MR) is 99.1 cm³/mol. The Morgan fingerprint density at radius 1 is 0.920 bits per heavy atom. The second kappa shape index (κ2) is 6.51. The molecule has 2 N–H and O–H groups in total. The van der Waals surface area contributed by atoms with Crippen LogP contribution in [0.3, 0.4) is 0 Å². The number of aromatic nitrogens is 2. The van der Waals surface area contributed by atoms with Crippen LogP contribution in [0, 0.1) is 6.92 Å². The summed E-state index contributed by atoms with van der Waals surface area (Å²) in [6, 6.07) is 22.6. The molecule has 0 amide bonds. The molecule has 0 fully saturated rings. The first-order valence-electron chi connectivity index (χ1n) is 8.16. The van der Waals surface area contributed by atoms with E-state index in [0.29, 0.717) is 0 Å². The molecule has 1 heterocycles. The number of rotatable bonds is 4. The molecule has 4 aromatic rings. The summed E-state index contributed by atoms with van der Waals surface area (Å²) < 4.78 is 0. The Morgan fingerprint density at radius 2 is 1.64 bits per heavy atom. The Labute approximate surface area is 145 Å². The van der Waals surface area contributed by atoms with Gasteiger partial charge in [-0.05, 0) is 23.8 Å². The van der Waals surface area contributed by atoms with E-state index in [9.17, 15) is 0 Å². The molecule has 0 saturated heterocycles. The number of fused-ring (bicyclic) bond motifs is 1. The topological polar surface area (TPSA) is 58.1 Å². The SMILES string of the molecule is Cc1ccc(-c2nc(-c3ccc4ccccc4c3)[nH]c2COO)cc1. The molecule has 0 aliphatic rings. The number of hydrogen-bond acceptors (Lipinski definition) is 3. The minimum Gasteiger partial charge on any atom is -0.339 e. The van der Waals surface area contributed by atoms with Crippen molar-refractivity contribution in [3.05, 3.63) is 78.0 Å². The highest BCUT2D eigenvalue weighted by Gasteiger charge is 2.14. The van der Waals surface area contributed by atoms with Gasteiger partial charge >= 0.3 is 0 Å². The summed E-state index contributed by atoms with van der Waals surface area (Å²) >= 11 is 0. The van der Waals surface area contributed by atoms with E-state index in [-0.39, 0.29) is 6.61 Å². The third-order valence-electron chi connectivity index (χ3n) is 4.34. The van der Waals surface area contributed by atoms with Crippen LogP contribution in [0.1, 0.15) is 11.3 Å². The van der Waals surface area contributed by atoms with Crippen molar-refractivity contribution < 1.29 is 10.1 Å². The van der Waals surface area contributed by atoms with Crippen LogP contribution >= 0.6 is 0 Å². The summed E-state index contributed by atoms with van der Waals surface area (Å²) in [6.45, 7) is 2.11. The number of hydrogen-bond donors (Lipinski definition) is 2. The van der Waals surface area contributed by atoms with Gasteiger partial charge in [-0.1, -0.05) is 66.2 Å². The van der Waals surface area contributed by atoms with Gasteiger partial charge in [0.25, 0.3) is 0 Å². The molecule has 1 aromatic heterocycles. The van der Waals surface area contributed by atoms with Crippen molar-refractivity contribution in [2.45, 2.75) is 13.5 Å². The van der Waals surface area contributed by atoms with Gasteiger partial charge in [-0.3, -0.25) is 5.26 Å². The number of nitrogens with one attached hydrogen (secondary N) is 1. The summed E-state index contributed by atoms with van der Waals surface area (Å²) in [7, 11) is 0. The Bertz CT molecular complexity index is 1020. The van der Waals surface area contributed by atoms with E-state index in [2.05, 4.69) is 34.1 Å². The average Bonchev–Trinajstić information content (AvgIpc) is 3.06. The van der Waals surface area contributed by atoms with Crippen LogP contribution in [0.15, 0.2) is 66.7 Å². The van der Waals surface area contributed by atoms with Crippen molar-refractivity contribution in [1.29, 1.82) is 0 Å². The van der Waals surface area contributed by atoms with Gasteiger partial charge in [-0.2, -0.15) is 0 Å². The normalized spacial score (nSPS) is 11.1. The van der Waals surface area contributed by atoms with Crippen molar-refractivity contribution in [1.82, 2.24) is 9.97 Å². The number of benzene rings is 3. The fourth-order valence-electron chi connectivity index (χ4n) is 3.00. The van der Waals surface area contributed by atoms with E-state index in [1.165, 1.54) is 10.9 Å². The molecule has 0 saturated carbocycles. The second-order valence-electron chi connectivity index (χ2n) is 6.11. The first kappa shape index (κ1) is 15.6. The summed E-state index contributed by atoms with van der Waals surface area (Å²) in [4.78, 5) is 12.4. The number of aryl methyl sites for hydroxylation is 1. The first-order chi connectivity index (χ1) is 12.2. The number of nitrogens with zero attached hydrogens (tertiary/aromatic N) is 1. The van der Waals surface area contributed by atoms with E-state index in [0.717, 1.165) is 33.7 Å². The molecule has 4 heteroatoms. The van der Waals surface area contributed by atoms with E-state index >= 15 is 0 Å². The summed E-state index contributed by atoms with van der Waals surface area (Å²) in [5, 5.41) is 11.3. The van der Waals surface area contributed by atoms with Crippen molar-refractivity contribution >= 4 is 10.8 Å². The molecule has 25 heavy (non-hydrogen) atoms. The van der Waals surface area contributed by atoms with Gasteiger partial charge in [0, 0.05) is 11.1 Å². The van der Waals surface area contributed by atoms with Crippen LogP contribution in [0.25, 0.3) is 33.4 Å². The lowest BCUT2D eigenvalue weighted by Crippen LogP contribution is -1.91. The zero-order valence-corrected chi connectivity index (χ0v) is 13.9. The van der Waals surface area contributed by atoms with Crippen molar-refractivity contribution in [3.8, 4) is 22.6 Å². The molecule has 4 rings (SSSR count). The molecule has 0 aliphatic carbocycles. The fourth-order valence-corrected chi connectivity index (χ4v) is 3.00. The fraction of sp³-hybridized carbons (Fsp3) is 0.0952. The minimum absolute atomic E-state index is 0.0593. The smallest absolute Gasteiger partial charge is 0.138 e. The third kappa shape index (κ3) is 3.05. The van der Waals surface area contributed by atoms with Gasteiger partial charge in [-0.15, -0.1) is 0 Å². The predicted octanol–water partition coefficient (Wildman–Crippen LogP) is 5.19. The maximum atomic E-state index is 8.91. The maximum Gasteiger partial charge on any atom is 0.138 e. The van der Waals surface area contributed by atoms with E-state index in [1.807, 2.05) is 49.4 Å². The highest BCUT2D eigenvalue weighted by Crippen LogP contribution is 2.28. The van der Waals surface area contributed by atoms with Gasteiger partial charge in [-0.25, -0.2) is 9.87 Å². The molecule has 0 spiro atoms. The van der Waals surface area contributed by atoms with Gasteiger partial charge < -0.3 is 4.98 Å². The molecule has 0 unspecified atom stereocenters. The van der Waals surface area contributed by atoms with Crippen LogP contribution < -0.4 is 0 Å². The number of H-pyrrole nitrogens is 1. The van der Waals surface area contributed by atoms with Gasteiger partial charge in [0.2, 0.25) is 0 Å². The lowest BCUT2D eigenvalue weighted by atomic mass is 10.1. The molecule has 4 nitrogen and oxygen atoms in total. The molecular weight excluding hydrogens is 312 g/mol. The van der Waals surface area contributed by atoms with E-state index in [1.54, 1.807) is 0 Å². The highest BCUT2D eigenvalue weighted by molar-refractivity contribution is 5.86. The van der Waals surface area contributed by atoms with Gasteiger partial charge in [0.15, 0.2) is 0 Å². The van der Waals surface area contributed by atoms with Crippen molar-refractivity contribution in [2.75, 3.05) is 0 Å². The Kier molecular flexibility index (Phi) is 4.06. The van der Waals surface area contributed by atoms with Crippen LogP contribution in [-0.2, 0) is 11.5 Å². The molecule has 0 bridgehead atoms. The van der Waals surface area contributed by atoms with E-state index < -0.39 is 0 Å². The largest absolute Gasteiger partial charge is 0.339 e. The van der Waals surface area contributed by atoms with Crippen LogP contribution in [0.4, 0.5) is 0 Å². The Morgan fingerprint density at radius 3 is 2.40 bits per heavy atom. The molecule has 3 aromatic carbocycles. The Balaban J connectivity index is 1.81. The highest BCUT2D eigenvalue weighted by atomic mass is 17.1. The van der Waals surface area contributed by atoms with Crippen molar-refractivity contribution in [2.24, 2.45) is 0 Å². The third-order valence-corrected chi connectivity index (χ3v) is 4.34.